The van der Waals surface area contributed by atoms with E-state index in [9.17, 15) is 14.4 Å². The van der Waals surface area contributed by atoms with E-state index in [2.05, 4.69) is 6.92 Å². The minimum absolute atomic E-state index is 0.00862. The minimum Gasteiger partial charge on any atom is -0.460 e. The number of hydrogen-bond acceptors (Lipinski definition) is 5. The van der Waals surface area contributed by atoms with Crippen LogP contribution in [0.3, 0.4) is 0 Å². The van der Waals surface area contributed by atoms with Crippen molar-refractivity contribution in [2.75, 3.05) is 19.7 Å². The summed E-state index contributed by atoms with van der Waals surface area (Å²) < 4.78 is 11.5. The maximum atomic E-state index is 13.8. The molecule has 0 bridgehead atoms. The second kappa shape index (κ2) is 15.1. The summed E-state index contributed by atoms with van der Waals surface area (Å²) in [7, 11) is 0. The summed E-state index contributed by atoms with van der Waals surface area (Å²) in [6.45, 7) is 13.4. The fraction of sp³-hybridized carbons (Fsp3) is 0.700. The molecule has 0 spiro atoms. The van der Waals surface area contributed by atoms with Gasteiger partial charge >= 0.3 is 12.0 Å². The van der Waals surface area contributed by atoms with Crippen LogP contribution >= 0.6 is 0 Å². The number of urea groups is 1. The van der Waals surface area contributed by atoms with Crippen LogP contribution in [-0.4, -0.2) is 59.0 Å². The number of ether oxygens (including phenoxy) is 2. The highest BCUT2D eigenvalue weighted by Gasteiger charge is 2.38. The summed E-state index contributed by atoms with van der Waals surface area (Å²) in [5.41, 5.74) is 0.469. The molecule has 208 valence electrons. The summed E-state index contributed by atoms with van der Waals surface area (Å²) in [6, 6.07) is 9.63. The van der Waals surface area contributed by atoms with E-state index in [4.69, 9.17) is 9.47 Å². The second-order valence-corrected chi connectivity index (χ2v) is 11.6. The van der Waals surface area contributed by atoms with Gasteiger partial charge in [0.25, 0.3) is 0 Å². The molecule has 1 aromatic rings. The number of hydrogen-bond donors (Lipinski definition) is 0. The molecular formula is C30H48N2O5. The molecule has 1 aromatic carbocycles. The first-order valence-electron chi connectivity index (χ1n) is 14.0. The fourth-order valence-electron chi connectivity index (χ4n) is 4.69. The number of imide groups is 1. The number of esters is 1. The van der Waals surface area contributed by atoms with E-state index in [1.165, 1.54) is 4.90 Å². The minimum atomic E-state index is -0.621. The zero-order chi connectivity index (χ0) is 27.4. The second-order valence-electron chi connectivity index (χ2n) is 11.6. The van der Waals surface area contributed by atoms with Crippen LogP contribution in [-0.2, 0) is 25.7 Å². The smallest absolute Gasteiger partial charge is 0.327 e. The third-order valence-electron chi connectivity index (χ3n) is 6.43. The summed E-state index contributed by atoms with van der Waals surface area (Å²) in [5, 5.41) is 0. The van der Waals surface area contributed by atoms with Gasteiger partial charge in [0.05, 0.1) is 25.7 Å². The molecule has 0 aromatic heterocycles. The first kappa shape index (κ1) is 30.8. The van der Waals surface area contributed by atoms with Crippen LogP contribution in [0.2, 0.25) is 0 Å². The third kappa shape index (κ3) is 10.8. The maximum absolute atomic E-state index is 13.8. The van der Waals surface area contributed by atoms with Gasteiger partial charge in [-0.2, -0.15) is 0 Å². The monoisotopic (exact) mass is 516 g/mol. The molecule has 7 nitrogen and oxygen atoms in total. The lowest BCUT2D eigenvalue weighted by molar-refractivity contribution is -0.158. The zero-order valence-corrected chi connectivity index (χ0v) is 23.8. The number of carbonyl (C=O) groups excluding carboxylic acids is 3. The Morgan fingerprint density at radius 2 is 1.81 bits per heavy atom. The first-order chi connectivity index (χ1) is 17.5. The zero-order valence-electron chi connectivity index (χ0n) is 23.8. The number of benzene rings is 1. The van der Waals surface area contributed by atoms with Crippen molar-refractivity contribution in [3.63, 3.8) is 0 Å². The summed E-state index contributed by atoms with van der Waals surface area (Å²) >= 11 is 0. The average molecular weight is 517 g/mol. The summed E-state index contributed by atoms with van der Waals surface area (Å²) in [5.74, 6) is -1.12. The van der Waals surface area contributed by atoms with Crippen molar-refractivity contribution in [1.82, 2.24) is 9.80 Å². The molecule has 37 heavy (non-hydrogen) atoms. The number of nitrogens with zero attached hydrogens (tertiary/aromatic N) is 2. The van der Waals surface area contributed by atoms with Gasteiger partial charge in [-0.05, 0) is 51.5 Å². The highest BCUT2D eigenvalue weighted by atomic mass is 16.6. The largest absolute Gasteiger partial charge is 0.460 e. The number of likely N-dealkylation sites (tertiary alicyclic amines) is 1. The SMILES string of the molecule is CCCCCC(CC(=O)OC(C)(C)C)C(=O)N(CC(C)C)C(=O)N1CCC[C@H]1COCc1ccccc1. The van der Waals surface area contributed by atoms with Crippen molar-refractivity contribution in [1.29, 1.82) is 0 Å². The van der Waals surface area contributed by atoms with Crippen LogP contribution in [0.25, 0.3) is 0 Å². The Hall–Kier alpha value is -2.41. The molecule has 0 aliphatic carbocycles. The van der Waals surface area contributed by atoms with Crippen LogP contribution in [0.15, 0.2) is 30.3 Å². The standard InChI is InChI=1S/C30H48N2O5/c1-7-8-10-16-25(19-27(33)37-30(4,5)6)28(34)32(20-23(2)3)29(35)31-18-13-17-26(31)22-36-21-24-14-11-9-12-15-24/h9,11-12,14-15,23,25-26H,7-8,10,13,16-22H2,1-6H3/t25?,26-/m0/s1. The maximum Gasteiger partial charge on any atom is 0.327 e. The lowest BCUT2D eigenvalue weighted by Gasteiger charge is -2.33. The Labute approximate surface area is 223 Å². The molecule has 0 saturated carbocycles. The first-order valence-corrected chi connectivity index (χ1v) is 14.0. The molecule has 0 radical (unpaired) electrons. The molecular weight excluding hydrogens is 468 g/mol. The van der Waals surface area contributed by atoms with Gasteiger partial charge in [-0.25, -0.2) is 4.79 Å². The van der Waals surface area contributed by atoms with Gasteiger partial charge in [0.2, 0.25) is 5.91 Å². The molecule has 1 aliphatic heterocycles. The normalized spacial score (nSPS) is 16.6. The van der Waals surface area contributed by atoms with Crippen molar-refractivity contribution in [2.45, 2.75) is 105 Å². The highest BCUT2D eigenvalue weighted by molar-refractivity contribution is 5.97. The number of amides is 3. The highest BCUT2D eigenvalue weighted by Crippen LogP contribution is 2.25. The summed E-state index contributed by atoms with van der Waals surface area (Å²) in [4.78, 5) is 43.4. The number of unbranched alkanes of at least 4 members (excludes halogenated alkanes) is 2. The molecule has 2 rings (SSSR count). The van der Waals surface area contributed by atoms with Crippen molar-refractivity contribution in [3.8, 4) is 0 Å². The van der Waals surface area contributed by atoms with E-state index in [1.807, 2.05) is 65.0 Å². The Kier molecular flexibility index (Phi) is 12.6. The Morgan fingerprint density at radius 3 is 2.43 bits per heavy atom. The number of carbonyl (C=O) groups is 3. The molecule has 2 atom stereocenters. The third-order valence-corrected chi connectivity index (χ3v) is 6.43. The Morgan fingerprint density at radius 1 is 1.11 bits per heavy atom. The van der Waals surface area contributed by atoms with Crippen molar-refractivity contribution >= 4 is 17.9 Å². The molecule has 1 aliphatic rings. The van der Waals surface area contributed by atoms with Gasteiger partial charge in [0.1, 0.15) is 5.60 Å². The van der Waals surface area contributed by atoms with E-state index >= 15 is 0 Å². The van der Waals surface area contributed by atoms with Crippen molar-refractivity contribution in [3.05, 3.63) is 35.9 Å². The average Bonchev–Trinajstić information content (AvgIpc) is 3.29. The topological polar surface area (TPSA) is 76.2 Å². The van der Waals surface area contributed by atoms with Gasteiger partial charge in [-0.3, -0.25) is 14.5 Å². The predicted octanol–water partition coefficient (Wildman–Crippen LogP) is 6.20. The van der Waals surface area contributed by atoms with Crippen molar-refractivity contribution < 1.29 is 23.9 Å². The van der Waals surface area contributed by atoms with Crippen LogP contribution in [0, 0.1) is 11.8 Å². The van der Waals surface area contributed by atoms with E-state index in [0.29, 0.717) is 32.7 Å². The lowest BCUT2D eigenvalue weighted by Crippen LogP contribution is -2.52. The van der Waals surface area contributed by atoms with Gasteiger partial charge in [-0.15, -0.1) is 0 Å². The van der Waals surface area contributed by atoms with E-state index in [1.54, 1.807) is 4.90 Å². The lowest BCUT2D eigenvalue weighted by atomic mass is 9.95. The van der Waals surface area contributed by atoms with Crippen LogP contribution in [0.5, 0.6) is 0 Å². The van der Waals surface area contributed by atoms with Crippen molar-refractivity contribution in [2.24, 2.45) is 11.8 Å². The molecule has 7 heteroatoms. The van der Waals surface area contributed by atoms with Crippen LogP contribution in [0.4, 0.5) is 4.79 Å². The molecule has 1 fully saturated rings. The quantitative estimate of drug-likeness (QED) is 0.230. The number of rotatable bonds is 13. The van der Waals surface area contributed by atoms with E-state index < -0.39 is 17.5 Å². The molecule has 3 amide bonds. The van der Waals surface area contributed by atoms with Crippen LogP contribution in [0.1, 0.15) is 92.1 Å². The van der Waals surface area contributed by atoms with E-state index in [-0.39, 0.29) is 30.3 Å². The predicted molar refractivity (Wildman–Crippen MR) is 146 cm³/mol. The van der Waals surface area contributed by atoms with Crippen LogP contribution < -0.4 is 0 Å². The Balaban J connectivity index is 2.13. The van der Waals surface area contributed by atoms with Gasteiger partial charge in [0.15, 0.2) is 0 Å². The van der Waals surface area contributed by atoms with Gasteiger partial charge in [-0.1, -0.05) is 70.4 Å². The molecule has 1 unspecified atom stereocenters. The van der Waals surface area contributed by atoms with E-state index in [0.717, 1.165) is 37.7 Å². The molecule has 1 saturated heterocycles. The van der Waals surface area contributed by atoms with Gasteiger partial charge < -0.3 is 14.4 Å². The molecule has 1 heterocycles. The van der Waals surface area contributed by atoms with Gasteiger partial charge in [0, 0.05) is 19.0 Å². The molecule has 0 N–H and O–H groups in total. The summed E-state index contributed by atoms with van der Waals surface area (Å²) in [6.07, 6.45) is 5.11. The Bertz CT molecular complexity index is 849. The fourth-order valence-corrected chi connectivity index (χ4v) is 4.69.